The van der Waals surface area contributed by atoms with Gasteiger partial charge in [-0.2, -0.15) is 31.4 Å². The summed E-state index contributed by atoms with van der Waals surface area (Å²) >= 11 is 0. The van der Waals surface area contributed by atoms with Gasteiger partial charge in [0, 0.05) is 36.3 Å². The van der Waals surface area contributed by atoms with Crippen molar-refractivity contribution in [2.45, 2.75) is 50.1 Å². The van der Waals surface area contributed by atoms with E-state index >= 15 is 0 Å². The second kappa shape index (κ2) is 8.10. The average Bonchev–Trinajstić information content (AvgIpc) is 3.32. The summed E-state index contributed by atoms with van der Waals surface area (Å²) in [4.78, 5) is 5.19. The number of fused-ring (bicyclic) bond motifs is 3. The molecule has 0 saturated carbocycles. The van der Waals surface area contributed by atoms with Crippen molar-refractivity contribution in [2.75, 3.05) is 6.61 Å². The normalized spacial score (nSPS) is 23.7. The van der Waals surface area contributed by atoms with Crippen molar-refractivity contribution in [3.63, 3.8) is 0 Å². The number of nitrogens with zero attached hydrogens (tertiary/aromatic N) is 4. The number of rotatable bonds is 2. The Bertz CT molecular complexity index is 1290. The van der Waals surface area contributed by atoms with Gasteiger partial charge in [-0.25, -0.2) is 18.3 Å². The maximum Gasteiger partial charge on any atom is 0.433 e. The third kappa shape index (κ3) is 4.23. The monoisotopic (exact) mass is 507 g/mol. The van der Waals surface area contributed by atoms with Crippen LogP contribution in [-0.4, -0.2) is 38.2 Å². The molecule has 0 amide bonds. The summed E-state index contributed by atoms with van der Waals surface area (Å²) in [6.45, 7) is 0.0555. The summed E-state index contributed by atoms with van der Waals surface area (Å²) in [7, 11) is 0. The number of hydrogen-bond donors (Lipinski definition) is 1. The van der Waals surface area contributed by atoms with Gasteiger partial charge in [-0.1, -0.05) is 0 Å². The van der Waals surface area contributed by atoms with E-state index in [2.05, 4.69) is 10.1 Å². The summed E-state index contributed by atoms with van der Waals surface area (Å²) < 4.78 is 114. The van der Waals surface area contributed by atoms with E-state index in [1.54, 1.807) is 4.90 Å². The molecule has 2 aliphatic heterocycles. The molecule has 3 atom stereocenters. The van der Waals surface area contributed by atoms with Gasteiger partial charge in [0.05, 0.1) is 12.3 Å². The molecule has 6 nitrogen and oxygen atoms in total. The fourth-order valence-corrected chi connectivity index (χ4v) is 4.60. The number of halogens is 8. The van der Waals surface area contributed by atoms with E-state index in [0.717, 1.165) is 18.2 Å². The summed E-state index contributed by atoms with van der Waals surface area (Å²) in [5, 5.41) is 3.89. The lowest BCUT2D eigenvalue weighted by Crippen LogP contribution is -2.47. The van der Waals surface area contributed by atoms with Gasteiger partial charge in [0.25, 0.3) is 0 Å². The quantitative estimate of drug-likeness (QED) is 0.527. The predicted molar refractivity (Wildman–Crippen MR) is 104 cm³/mol. The molecule has 0 radical (unpaired) electrons. The van der Waals surface area contributed by atoms with Crippen LogP contribution in [0.4, 0.5) is 35.1 Å². The Hall–Kier alpha value is -2.84. The van der Waals surface area contributed by atoms with Crippen LogP contribution in [0.3, 0.4) is 0 Å². The summed E-state index contributed by atoms with van der Waals surface area (Å²) in [5.74, 6) is -1.33. The Kier molecular flexibility index (Phi) is 5.53. The summed E-state index contributed by atoms with van der Waals surface area (Å²) in [5.41, 5.74) is 2.69. The first-order valence-electron chi connectivity index (χ1n) is 10.4. The fourth-order valence-electron chi connectivity index (χ4n) is 4.60. The fraction of sp³-hybridized carbons (Fsp3) is 0.429. The van der Waals surface area contributed by atoms with Gasteiger partial charge in [-0.3, -0.25) is 4.90 Å². The average molecular weight is 507 g/mol. The minimum absolute atomic E-state index is 0.0236. The van der Waals surface area contributed by atoms with Crippen LogP contribution in [0.15, 0.2) is 24.3 Å². The first-order valence-corrected chi connectivity index (χ1v) is 10.4. The molecule has 35 heavy (non-hydrogen) atoms. The van der Waals surface area contributed by atoms with E-state index < -0.39 is 53.2 Å². The van der Waals surface area contributed by atoms with E-state index in [-0.39, 0.29) is 55.0 Å². The summed E-state index contributed by atoms with van der Waals surface area (Å²) in [6, 6.07) is 1.77. The molecule has 0 bridgehead atoms. The van der Waals surface area contributed by atoms with Gasteiger partial charge in [0.2, 0.25) is 0 Å². The number of ether oxygens (including phenoxy) is 1. The van der Waals surface area contributed by atoms with Crippen LogP contribution in [0.25, 0.3) is 5.65 Å². The van der Waals surface area contributed by atoms with Crippen LogP contribution in [0.5, 0.6) is 0 Å². The van der Waals surface area contributed by atoms with Crippen molar-refractivity contribution in [3.05, 3.63) is 64.1 Å². The predicted octanol–water partition coefficient (Wildman–Crippen LogP) is 4.22. The molecule has 1 saturated heterocycles. The minimum atomic E-state index is -5.08. The Morgan fingerprint density at radius 1 is 1.00 bits per heavy atom. The largest absolute Gasteiger partial charge is 0.433 e. The Balaban J connectivity index is 1.40. The highest BCUT2D eigenvalue weighted by Gasteiger charge is 2.43. The standard InChI is InChI=1S/C21H17F8N5O/c22-9-1-2-13(23)11(3-9)18-14(30)4-10(8-35-18)33-6-12-15(7-33)32-34-17(21(27,28)29)5-16(20(24,25)26)31-19(12)34/h1-3,5,10,14,18H,4,6-8,30H2/t10-,14+,18-/m1/s1. The molecule has 0 aliphatic carbocycles. The van der Waals surface area contributed by atoms with Crippen LogP contribution in [0, 0.1) is 11.6 Å². The molecule has 2 aromatic heterocycles. The summed E-state index contributed by atoms with van der Waals surface area (Å²) in [6.07, 6.45) is -10.8. The Morgan fingerprint density at radius 3 is 2.40 bits per heavy atom. The lowest BCUT2D eigenvalue weighted by molar-refractivity contribution is -0.148. The van der Waals surface area contributed by atoms with E-state index in [9.17, 15) is 35.1 Å². The van der Waals surface area contributed by atoms with Gasteiger partial charge in [0.1, 0.15) is 23.4 Å². The highest BCUT2D eigenvalue weighted by Crippen LogP contribution is 2.39. The van der Waals surface area contributed by atoms with Crippen LogP contribution >= 0.6 is 0 Å². The number of alkyl halides is 6. The maximum atomic E-state index is 14.2. The molecule has 5 rings (SSSR count). The lowest BCUT2D eigenvalue weighted by atomic mass is 9.93. The molecule has 0 spiro atoms. The van der Waals surface area contributed by atoms with Crippen molar-refractivity contribution in [3.8, 4) is 0 Å². The molecule has 2 N–H and O–H groups in total. The smallest absolute Gasteiger partial charge is 0.370 e. The Morgan fingerprint density at radius 2 is 1.74 bits per heavy atom. The molecule has 0 unspecified atom stereocenters. The zero-order valence-electron chi connectivity index (χ0n) is 17.7. The number of aromatic nitrogens is 3. The van der Waals surface area contributed by atoms with Gasteiger partial charge in [-0.15, -0.1) is 0 Å². The molecular weight excluding hydrogens is 490 g/mol. The van der Waals surface area contributed by atoms with E-state index in [1.165, 1.54) is 0 Å². The lowest BCUT2D eigenvalue weighted by Gasteiger charge is -2.38. The third-order valence-corrected chi connectivity index (χ3v) is 6.24. The van der Waals surface area contributed by atoms with Crippen molar-refractivity contribution in [1.29, 1.82) is 0 Å². The molecule has 188 valence electrons. The van der Waals surface area contributed by atoms with Gasteiger partial charge in [0.15, 0.2) is 11.3 Å². The second-order valence-corrected chi connectivity index (χ2v) is 8.56. The molecule has 14 heteroatoms. The van der Waals surface area contributed by atoms with Crippen molar-refractivity contribution in [1.82, 2.24) is 19.5 Å². The molecule has 1 fully saturated rings. The minimum Gasteiger partial charge on any atom is -0.370 e. The third-order valence-electron chi connectivity index (χ3n) is 6.24. The molecule has 4 heterocycles. The van der Waals surface area contributed by atoms with E-state index in [4.69, 9.17) is 10.5 Å². The Labute approximate surface area is 192 Å². The zero-order chi connectivity index (χ0) is 25.3. The first-order chi connectivity index (χ1) is 16.3. The maximum absolute atomic E-state index is 14.2. The number of benzene rings is 1. The molecular formula is C21H17F8N5O. The van der Waals surface area contributed by atoms with Crippen LogP contribution < -0.4 is 5.73 Å². The van der Waals surface area contributed by atoms with Crippen LogP contribution in [0.1, 0.15) is 40.7 Å². The highest BCUT2D eigenvalue weighted by molar-refractivity contribution is 5.53. The topological polar surface area (TPSA) is 68.7 Å². The second-order valence-electron chi connectivity index (χ2n) is 8.56. The molecule has 2 aliphatic rings. The van der Waals surface area contributed by atoms with Gasteiger partial charge >= 0.3 is 12.4 Å². The first kappa shape index (κ1) is 23.9. The SMILES string of the molecule is N[C@H]1C[C@@H](N2Cc3nn4c(C(F)(F)F)cc(C(F)(F)F)nc4c3C2)CO[C@@H]1c1cc(F)ccc1F. The van der Waals surface area contributed by atoms with Gasteiger partial charge in [-0.05, 0) is 30.7 Å². The van der Waals surface area contributed by atoms with Crippen molar-refractivity contribution in [2.24, 2.45) is 5.73 Å². The van der Waals surface area contributed by atoms with Gasteiger partial charge < -0.3 is 10.5 Å². The zero-order valence-corrected chi connectivity index (χ0v) is 17.7. The van der Waals surface area contributed by atoms with Crippen molar-refractivity contribution < 1.29 is 39.9 Å². The van der Waals surface area contributed by atoms with Crippen LogP contribution in [-0.2, 0) is 30.2 Å². The number of hydrogen-bond acceptors (Lipinski definition) is 5. The van der Waals surface area contributed by atoms with E-state index in [0.29, 0.717) is 4.52 Å². The van der Waals surface area contributed by atoms with E-state index in [1.807, 2.05) is 0 Å². The highest BCUT2D eigenvalue weighted by atomic mass is 19.4. The number of nitrogens with two attached hydrogens (primary N) is 1. The van der Waals surface area contributed by atoms with Crippen LogP contribution in [0.2, 0.25) is 0 Å². The molecule has 1 aromatic carbocycles. The molecule has 3 aromatic rings. The van der Waals surface area contributed by atoms with Crippen molar-refractivity contribution >= 4 is 5.65 Å².